The second kappa shape index (κ2) is 5.85. The Morgan fingerprint density at radius 2 is 1.82 bits per heavy atom. The fraction of sp³-hybridized carbons (Fsp3) is 0.529. The van der Waals surface area contributed by atoms with Crippen LogP contribution in [0.25, 0.3) is 11.3 Å². The third-order valence-corrected chi connectivity index (χ3v) is 5.90. The van der Waals surface area contributed by atoms with Gasteiger partial charge in [0.05, 0.1) is 11.3 Å². The van der Waals surface area contributed by atoms with Crippen LogP contribution in [0.3, 0.4) is 0 Å². The van der Waals surface area contributed by atoms with E-state index in [0.29, 0.717) is 18.9 Å². The van der Waals surface area contributed by atoms with Gasteiger partial charge in [0.25, 0.3) is 0 Å². The zero-order chi connectivity index (χ0) is 20.5. The van der Waals surface area contributed by atoms with Crippen molar-refractivity contribution in [3.63, 3.8) is 0 Å². The van der Waals surface area contributed by atoms with E-state index in [1.807, 2.05) is 0 Å². The van der Waals surface area contributed by atoms with E-state index in [1.54, 1.807) is 0 Å². The lowest BCUT2D eigenvalue weighted by Gasteiger charge is -2.59. The maximum Gasteiger partial charge on any atom is 0.421 e. The first-order valence-corrected chi connectivity index (χ1v) is 8.61. The SMILES string of the molecule is Nc1ncc(-c2cn(C34CCC3CC4)c([C@H](O)C(F)(F)F)n2)cc1C(F)(F)F. The van der Waals surface area contributed by atoms with Crippen molar-refractivity contribution in [1.29, 1.82) is 0 Å². The van der Waals surface area contributed by atoms with Crippen molar-refractivity contribution in [3.05, 3.63) is 29.8 Å². The maximum atomic E-state index is 13.1. The molecule has 0 aliphatic heterocycles. The summed E-state index contributed by atoms with van der Waals surface area (Å²) >= 11 is 0. The molecule has 0 radical (unpaired) electrons. The molecule has 0 aromatic carbocycles. The van der Waals surface area contributed by atoms with Crippen LogP contribution in [0.5, 0.6) is 0 Å². The highest BCUT2D eigenvalue weighted by Gasteiger charge is 2.57. The second-order valence-corrected chi connectivity index (χ2v) is 7.33. The van der Waals surface area contributed by atoms with E-state index in [2.05, 4.69) is 9.97 Å². The Labute approximate surface area is 155 Å². The maximum absolute atomic E-state index is 13.1. The molecule has 3 N–H and O–H groups in total. The number of nitrogens with two attached hydrogens (primary N) is 1. The number of imidazole rings is 1. The van der Waals surface area contributed by atoms with Gasteiger partial charge < -0.3 is 15.4 Å². The van der Waals surface area contributed by atoms with Crippen LogP contribution < -0.4 is 5.73 Å². The number of hydrogen-bond acceptors (Lipinski definition) is 4. The van der Waals surface area contributed by atoms with Crippen molar-refractivity contribution < 1.29 is 31.4 Å². The number of aromatic nitrogens is 3. The number of anilines is 1. The third kappa shape index (κ3) is 2.75. The van der Waals surface area contributed by atoms with Gasteiger partial charge in [-0.15, -0.1) is 0 Å². The van der Waals surface area contributed by atoms with E-state index in [0.717, 1.165) is 19.0 Å². The molecule has 0 amide bonds. The third-order valence-electron chi connectivity index (χ3n) is 5.90. The van der Waals surface area contributed by atoms with Crippen molar-refractivity contribution in [3.8, 4) is 11.3 Å². The molecule has 2 fully saturated rings. The topological polar surface area (TPSA) is 77.0 Å². The molecule has 0 spiro atoms. The molecule has 0 saturated heterocycles. The van der Waals surface area contributed by atoms with Crippen LogP contribution in [0, 0.1) is 5.92 Å². The Kier molecular flexibility index (Phi) is 3.98. The molecule has 152 valence electrons. The van der Waals surface area contributed by atoms with Crippen molar-refractivity contribution in [2.45, 2.75) is 49.7 Å². The van der Waals surface area contributed by atoms with Gasteiger partial charge in [0, 0.05) is 23.5 Å². The molecule has 28 heavy (non-hydrogen) atoms. The fourth-order valence-corrected chi connectivity index (χ4v) is 4.14. The monoisotopic (exact) mass is 406 g/mol. The Morgan fingerprint density at radius 1 is 1.18 bits per heavy atom. The number of pyridine rings is 1. The number of nitrogens with zero attached hydrogens (tertiary/aromatic N) is 3. The standard InChI is InChI=1S/C17H16F6N4O/c18-16(19,20)10-5-8(6-25-13(10)24)11-7-27(15-3-1-9(15)2-4-15)14(26-11)12(28)17(21,22)23/h5-7,9,12,28H,1-4H2,(H2,24,25)/t9?,12-,15?/m0/s1. The summed E-state index contributed by atoms with van der Waals surface area (Å²) in [4.78, 5) is 7.36. The normalized spacial score (nSPS) is 25.6. The number of rotatable bonds is 3. The van der Waals surface area contributed by atoms with Crippen LogP contribution in [0.15, 0.2) is 18.5 Å². The lowest BCUT2D eigenvalue weighted by atomic mass is 9.53. The first-order chi connectivity index (χ1) is 12.9. The predicted octanol–water partition coefficient (Wildman–Crippen LogP) is 4.04. The Morgan fingerprint density at radius 3 is 2.29 bits per heavy atom. The van der Waals surface area contributed by atoms with Crippen LogP contribution in [0.2, 0.25) is 0 Å². The minimum atomic E-state index is -4.95. The molecule has 2 aliphatic carbocycles. The summed E-state index contributed by atoms with van der Waals surface area (Å²) in [5, 5.41) is 9.80. The highest BCUT2D eigenvalue weighted by Crippen LogP contribution is 2.60. The van der Waals surface area contributed by atoms with E-state index in [4.69, 9.17) is 5.73 Å². The summed E-state index contributed by atoms with van der Waals surface area (Å²) < 4.78 is 80.0. The van der Waals surface area contributed by atoms with E-state index >= 15 is 0 Å². The number of aliphatic hydroxyl groups is 1. The highest BCUT2D eigenvalue weighted by molar-refractivity contribution is 5.62. The molecule has 2 saturated carbocycles. The summed E-state index contributed by atoms with van der Waals surface area (Å²) in [5.74, 6) is -1.16. The number of halogens is 6. The van der Waals surface area contributed by atoms with Crippen LogP contribution in [-0.2, 0) is 11.7 Å². The molecule has 0 bridgehead atoms. The van der Waals surface area contributed by atoms with Gasteiger partial charge in [0.1, 0.15) is 11.6 Å². The summed E-state index contributed by atoms with van der Waals surface area (Å²) in [6.45, 7) is 0. The minimum absolute atomic E-state index is 0.122. The minimum Gasteiger partial charge on any atom is -0.383 e. The van der Waals surface area contributed by atoms with E-state index in [-0.39, 0.29) is 17.2 Å². The smallest absolute Gasteiger partial charge is 0.383 e. The predicted molar refractivity (Wildman–Crippen MR) is 85.8 cm³/mol. The molecule has 2 aliphatic rings. The summed E-state index contributed by atoms with van der Waals surface area (Å²) in [6, 6.07) is 0.704. The van der Waals surface area contributed by atoms with Gasteiger partial charge in [-0.2, -0.15) is 26.3 Å². The van der Waals surface area contributed by atoms with Gasteiger partial charge in [-0.1, -0.05) is 0 Å². The van der Waals surface area contributed by atoms with Gasteiger partial charge in [-0.25, -0.2) is 9.97 Å². The fourth-order valence-electron chi connectivity index (χ4n) is 4.14. The molecular formula is C17H16F6N4O. The van der Waals surface area contributed by atoms with E-state index < -0.39 is 41.2 Å². The number of fused-ring (bicyclic) bond motifs is 1. The van der Waals surface area contributed by atoms with Gasteiger partial charge in [-0.05, 0) is 37.7 Å². The zero-order valence-electron chi connectivity index (χ0n) is 14.3. The first kappa shape index (κ1) is 19.0. The van der Waals surface area contributed by atoms with E-state index in [1.165, 1.54) is 10.8 Å². The number of nitrogen functional groups attached to an aromatic ring is 1. The Balaban J connectivity index is 1.83. The van der Waals surface area contributed by atoms with Crippen LogP contribution >= 0.6 is 0 Å². The van der Waals surface area contributed by atoms with Crippen molar-refractivity contribution in [1.82, 2.24) is 14.5 Å². The molecule has 11 heteroatoms. The molecule has 1 atom stereocenters. The Hall–Kier alpha value is -2.30. The molecule has 5 nitrogen and oxygen atoms in total. The Bertz CT molecular complexity index is 911. The van der Waals surface area contributed by atoms with Crippen molar-refractivity contribution in [2.75, 3.05) is 5.73 Å². The largest absolute Gasteiger partial charge is 0.421 e. The molecule has 2 heterocycles. The average molecular weight is 406 g/mol. The quantitative estimate of drug-likeness (QED) is 0.755. The first-order valence-electron chi connectivity index (χ1n) is 8.61. The molecule has 2 aromatic heterocycles. The molecular weight excluding hydrogens is 390 g/mol. The molecule has 0 unspecified atom stereocenters. The van der Waals surface area contributed by atoms with Crippen molar-refractivity contribution >= 4 is 5.82 Å². The lowest BCUT2D eigenvalue weighted by Crippen LogP contribution is -2.57. The van der Waals surface area contributed by atoms with Crippen molar-refractivity contribution in [2.24, 2.45) is 5.92 Å². The van der Waals surface area contributed by atoms with Crippen LogP contribution in [-0.4, -0.2) is 25.8 Å². The van der Waals surface area contributed by atoms with E-state index in [9.17, 15) is 31.4 Å². The summed E-state index contributed by atoms with van der Waals surface area (Å²) in [5.41, 5.74) is 3.28. The van der Waals surface area contributed by atoms with Crippen LogP contribution in [0.4, 0.5) is 32.2 Å². The number of aliphatic hydroxyl groups excluding tert-OH is 1. The van der Waals surface area contributed by atoms with Gasteiger partial charge in [-0.3, -0.25) is 0 Å². The second-order valence-electron chi connectivity index (χ2n) is 7.33. The summed E-state index contributed by atoms with van der Waals surface area (Å²) in [7, 11) is 0. The average Bonchev–Trinajstić information content (AvgIpc) is 3.00. The summed E-state index contributed by atoms with van der Waals surface area (Å²) in [6.07, 6.45) is -7.25. The number of hydrogen-bond donors (Lipinski definition) is 2. The molecule has 2 aromatic rings. The highest BCUT2D eigenvalue weighted by atomic mass is 19.4. The van der Waals surface area contributed by atoms with Gasteiger partial charge in [0.15, 0.2) is 0 Å². The van der Waals surface area contributed by atoms with Crippen LogP contribution in [0.1, 0.15) is 43.2 Å². The lowest BCUT2D eigenvalue weighted by molar-refractivity contribution is -0.212. The van der Waals surface area contributed by atoms with Gasteiger partial charge >= 0.3 is 12.4 Å². The number of alkyl halides is 6. The zero-order valence-corrected chi connectivity index (χ0v) is 14.3. The van der Waals surface area contributed by atoms with Gasteiger partial charge in [0.2, 0.25) is 6.10 Å². The molecule has 4 rings (SSSR count).